The first-order valence-corrected chi connectivity index (χ1v) is 3.76. The number of methoxy groups -OCH3 is 1. The van der Waals surface area contributed by atoms with Crippen LogP contribution in [-0.2, 0) is 17.5 Å². The van der Waals surface area contributed by atoms with E-state index >= 15 is 0 Å². The zero-order valence-electron chi connectivity index (χ0n) is 7.43. The molecule has 0 aliphatic heterocycles. The van der Waals surface area contributed by atoms with Crippen molar-refractivity contribution in [1.82, 2.24) is 4.98 Å². The predicted molar refractivity (Wildman–Crippen MR) is 44.4 cm³/mol. The molecular formula is C8H9F3N2O. The molecule has 1 rings (SSSR count). The molecule has 0 atom stereocenters. The minimum atomic E-state index is -4.46. The second-order valence-electron chi connectivity index (χ2n) is 2.67. The summed E-state index contributed by atoms with van der Waals surface area (Å²) in [7, 11) is 1.43. The van der Waals surface area contributed by atoms with Crippen LogP contribution in [0.15, 0.2) is 12.1 Å². The van der Waals surface area contributed by atoms with E-state index in [4.69, 9.17) is 10.5 Å². The Kier molecular flexibility index (Phi) is 2.95. The SMILES string of the molecule is COCc1ccc(C(F)(F)F)nc1N. The second kappa shape index (κ2) is 3.83. The highest BCUT2D eigenvalue weighted by Gasteiger charge is 2.32. The third kappa shape index (κ3) is 2.35. The Bertz CT molecular complexity index is 325. The largest absolute Gasteiger partial charge is 0.433 e. The maximum absolute atomic E-state index is 12.1. The van der Waals surface area contributed by atoms with Crippen LogP contribution in [0.3, 0.4) is 0 Å². The van der Waals surface area contributed by atoms with Crippen molar-refractivity contribution in [2.75, 3.05) is 12.8 Å². The molecule has 3 nitrogen and oxygen atoms in total. The van der Waals surface area contributed by atoms with Crippen LogP contribution in [0.2, 0.25) is 0 Å². The van der Waals surface area contributed by atoms with Crippen molar-refractivity contribution in [3.8, 4) is 0 Å². The van der Waals surface area contributed by atoms with Crippen molar-refractivity contribution in [3.63, 3.8) is 0 Å². The van der Waals surface area contributed by atoms with E-state index < -0.39 is 11.9 Å². The van der Waals surface area contributed by atoms with E-state index in [0.29, 0.717) is 5.56 Å². The van der Waals surface area contributed by atoms with E-state index in [1.54, 1.807) is 0 Å². The molecule has 0 bridgehead atoms. The van der Waals surface area contributed by atoms with Gasteiger partial charge in [0.2, 0.25) is 0 Å². The van der Waals surface area contributed by atoms with E-state index in [9.17, 15) is 13.2 Å². The van der Waals surface area contributed by atoms with Gasteiger partial charge in [0, 0.05) is 12.7 Å². The van der Waals surface area contributed by atoms with Gasteiger partial charge in [0.25, 0.3) is 0 Å². The fourth-order valence-corrected chi connectivity index (χ4v) is 0.939. The fraction of sp³-hybridized carbons (Fsp3) is 0.375. The molecular weight excluding hydrogens is 197 g/mol. The number of hydrogen-bond acceptors (Lipinski definition) is 3. The van der Waals surface area contributed by atoms with Gasteiger partial charge in [0.1, 0.15) is 11.5 Å². The van der Waals surface area contributed by atoms with Gasteiger partial charge in [0.05, 0.1) is 6.61 Å². The summed E-state index contributed by atoms with van der Waals surface area (Å²) < 4.78 is 41.1. The molecule has 0 amide bonds. The van der Waals surface area contributed by atoms with Crippen LogP contribution < -0.4 is 5.73 Å². The normalized spacial score (nSPS) is 11.7. The van der Waals surface area contributed by atoms with Gasteiger partial charge in [0.15, 0.2) is 0 Å². The Balaban J connectivity index is 3.01. The average molecular weight is 206 g/mol. The Hall–Kier alpha value is -1.30. The molecule has 0 fully saturated rings. The Morgan fingerprint density at radius 3 is 2.50 bits per heavy atom. The van der Waals surface area contributed by atoms with Gasteiger partial charge in [-0.05, 0) is 6.07 Å². The first-order chi connectivity index (χ1) is 6.45. The van der Waals surface area contributed by atoms with Gasteiger partial charge in [-0.2, -0.15) is 13.2 Å². The highest BCUT2D eigenvalue weighted by Crippen LogP contribution is 2.28. The number of nitrogen functional groups attached to an aromatic ring is 1. The van der Waals surface area contributed by atoms with Crippen LogP contribution in [-0.4, -0.2) is 12.1 Å². The highest BCUT2D eigenvalue weighted by atomic mass is 19.4. The van der Waals surface area contributed by atoms with Crippen LogP contribution in [0.4, 0.5) is 19.0 Å². The van der Waals surface area contributed by atoms with Gasteiger partial charge >= 0.3 is 6.18 Å². The Morgan fingerprint density at radius 2 is 2.07 bits per heavy atom. The zero-order chi connectivity index (χ0) is 10.8. The molecule has 14 heavy (non-hydrogen) atoms. The zero-order valence-corrected chi connectivity index (χ0v) is 7.43. The Morgan fingerprint density at radius 1 is 1.43 bits per heavy atom. The number of pyridine rings is 1. The van der Waals surface area contributed by atoms with Gasteiger partial charge in [-0.3, -0.25) is 0 Å². The molecule has 0 unspecified atom stereocenters. The molecule has 0 aliphatic rings. The summed E-state index contributed by atoms with van der Waals surface area (Å²) in [5.41, 5.74) is 4.77. The van der Waals surface area contributed by atoms with Crippen molar-refractivity contribution < 1.29 is 17.9 Å². The number of nitrogens with two attached hydrogens (primary N) is 1. The summed E-state index contributed by atoms with van der Waals surface area (Å²) in [6, 6.07) is 2.14. The molecule has 0 spiro atoms. The average Bonchev–Trinajstić information content (AvgIpc) is 2.07. The van der Waals surface area contributed by atoms with Crippen LogP contribution in [0.25, 0.3) is 0 Å². The van der Waals surface area contributed by atoms with E-state index in [2.05, 4.69) is 4.98 Å². The van der Waals surface area contributed by atoms with E-state index in [-0.39, 0.29) is 12.4 Å². The number of nitrogens with zero attached hydrogens (tertiary/aromatic N) is 1. The van der Waals surface area contributed by atoms with E-state index in [1.165, 1.54) is 13.2 Å². The molecule has 1 aromatic heterocycles. The lowest BCUT2D eigenvalue weighted by atomic mass is 10.2. The molecule has 0 saturated carbocycles. The molecule has 6 heteroatoms. The minimum Gasteiger partial charge on any atom is -0.383 e. The van der Waals surface area contributed by atoms with Crippen molar-refractivity contribution in [2.24, 2.45) is 0 Å². The summed E-state index contributed by atoms with van der Waals surface area (Å²) in [5.74, 6) is -0.151. The van der Waals surface area contributed by atoms with Crippen LogP contribution in [0.1, 0.15) is 11.3 Å². The molecule has 0 aliphatic carbocycles. The van der Waals surface area contributed by atoms with Crippen molar-refractivity contribution in [2.45, 2.75) is 12.8 Å². The van der Waals surface area contributed by atoms with Gasteiger partial charge in [-0.15, -0.1) is 0 Å². The third-order valence-corrected chi connectivity index (χ3v) is 1.60. The van der Waals surface area contributed by atoms with Crippen molar-refractivity contribution in [1.29, 1.82) is 0 Å². The first-order valence-electron chi connectivity index (χ1n) is 3.76. The highest BCUT2D eigenvalue weighted by molar-refractivity contribution is 5.40. The number of rotatable bonds is 2. The molecule has 1 aromatic rings. The molecule has 0 saturated heterocycles. The minimum absolute atomic E-state index is 0.150. The maximum Gasteiger partial charge on any atom is 0.433 e. The van der Waals surface area contributed by atoms with Gasteiger partial charge in [-0.1, -0.05) is 6.07 Å². The Labute approximate surface area is 78.7 Å². The van der Waals surface area contributed by atoms with Crippen LogP contribution in [0.5, 0.6) is 0 Å². The molecule has 0 aromatic carbocycles. The predicted octanol–water partition coefficient (Wildman–Crippen LogP) is 1.83. The van der Waals surface area contributed by atoms with Crippen molar-refractivity contribution >= 4 is 5.82 Å². The smallest absolute Gasteiger partial charge is 0.383 e. The third-order valence-electron chi connectivity index (χ3n) is 1.60. The lowest BCUT2D eigenvalue weighted by Crippen LogP contribution is -2.10. The van der Waals surface area contributed by atoms with Crippen LogP contribution >= 0.6 is 0 Å². The van der Waals surface area contributed by atoms with Crippen LogP contribution in [0, 0.1) is 0 Å². The van der Waals surface area contributed by atoms with Gasteiger partial charge < -0.3 is 10.5 Å². The molecule has 0 radical (unpaired) electrons. The number of alkyl halides is 3. The lowest BCUT2D eigenvalue weighted by Gasteiger charge is -2.08. The molecule has 2 N–H and O–H groups in total. The number of aromatic nitrogens is 1. The molecule has 78 valence electrons. The lowest BCUT2D eigenvalue weighted by molar-refractivity contribution is -0.141. The summed E-state index contributed by atoms with van der Waals surface area (Å²) in [6.45, 7) is 0.150. The number of anilines is 1. The monoisotopic (exact) mass is 206 g/mol. The fourth-order valence-electron chi connectivity index (χ4n) is 0.939. The summed E-state index contributed by atoms with van der Waals surface area (Å²) >= 11 is 0. The summed E-state index contributed by atoms with van der Waals surface area (Å²) in [5, 5.41) is 0. The van der Waals surface area contributed by atoms with Gasteiger partial charge in [-0.25, -0.2) is 4.98 Å². The number of halogens is 3. The second-order valence-corrected chi connectivity index (χ2v) is 2.67. The topological polar surface area (TPSA) is 48.1 Å². The first kappa shape index (κ1) is 10.8. The summed E-state index contributed by atoms with van der Waals surface area (Å²) in [6.07, 6.45) is -4.46. The molecule has 1 heterocycles. The van der Waals surface area contributed by atoms with E-state index in [1.807, 2.05) is 0 Å². The maximum atomic E-state index is 12.1. The number of ether oxygens (including phenoxy) is 1. The van der Waals surface area contributed by atoms with Crippen molar-refractivity contribution in [3.05, 3.63) is 23.4 Å². The quantitative estimate of drug-likeness (QED) is 0.802. The van der Waals surface area contributed by atoms with E-state index in [0.717, 1.165) is 6.07 Å². The standard InChI is InChI=1S/C8H9F3N2O/c1-14-4-5-2-3-6(8(9,10)11)13-7(5)12/h2-3H,4H2,1H3,(H2,12,13). The summed E-state index contributed by atoms with van der Waals surface area (Å²) in [4.78, 5) is 3.24. The number of hydrogen-bond donors (Lipinski definition) is 1.